The minimum atomic E-state index is -0.500. The molecule has 2 aromatic carbocycles. The summed E-state index contributed by atoms with van der Waals surface area (Å²) in [7, 11) is 0. The number of rotatable bonds is 7. The number of carbonyl (C=O) groups excluding carboxylic acids is 2. The molecule has 1 aromatic heterocycles. The molecule has 7 heteroatoms. The van der Waals surface area contributed by atoms with Crippen molar-refractivity contribution < 1.29 is 14.3 Å². The SMILES string of the molecule is CCOC(=O)NCCNC(=O)c1cn(-c2ccccc2)nc1-c1ccc(C)c(C)c1. The fraction of sp³-hybridized carbons (Fsp3) is 0.261. The number of aryl methyl sites for hydroxylation is 2. The van der Waals surface area contributed by atoms with E-state index in [1.54, 1.807) is 17.8 Å². The molecule has 2 amide bonds. The van der Waals surface area contributed by atoms with Crippen LogP contribution in [-0.2, 0) is 4.74 Å². The van der Waals surface area contributed by atoms with Gasteiger partial charge in [-0.05, 0) is 50.1 Å². The maximum absolute atomic E-state index is 12.9. The molecule has 3 rings (SSSR count). The minimum absolute atomic E-state index is 0.254. The standard InChI is InChI=1S/C23H26N4O3/c1-4-30-23(29)25-13-12-24-22(28)20-15-27(19-8-6-5-7-9-19)26-21(20)18-11-10-16(2)17(3)14-18/h5-11,14-15H,4,12-13H2,1-3H3,(H,24,28)(H,25,29). The molecule has 0 spiro atoms. The van der Waals surface area contributed by atoms with Crippen molar-refractivity contribution in [1.29, 1.82) is 0 Å². The monoisotopic (exact) mass is 406 g/mol. The first-order valence-corrected chi connectivity index (χ1v) is 9.91. The van der Waals surface area contributed by atoms with E-state index in [4.69, 9.17) is 4.74 Å². The summed E-state index contributed by atoms with van der Waals surface area (Å²) in [4.78, 5) is 24.3. The maximum Gasteiger partial charge on any atom is 0.407 e. The lowest BCUT2D eigenvalue weighted by Crippen LogP contribution is -2.35. The van der Waals surface area contributed by atoms with Gasteiger partial charge in [-0.15, -0.1) is 0 Å². The molecule has 0 aliphatic carbocycles. The average Bonchev–Trinajstić information content (AvgIpc) is 3.19. The van der Waals surface area contributed by atoms with Gasteiger partial charge in [-0.2, -0.15) is 5.10 Å². The number of nitrogens with one attached hydrogen (secondary N) is 2. The highest BCUT2D eigenvalue weighted by Gasteiger charge is 2.19. The Morgan fingerprint density at radius 3 is 2.43 bits per heavy atom. The van der Waals surface area contributed by atoms with Crippen molar-refractivity contribution in [3.05, 3.63) is 71.4 Å². The molecule has 0 atom stereocenters. The summed E-state index contributed by atoms with van der Waals surface area (Å²) in [5.41, 5.74) is 5.13. The van der Waals surface area contributed by atoms with Crippen molar-refractivity contribution in [2.75, 3.05) is 19.7 Å². The van der Waals surface area contributed by atoms with Crippen LogP contribution in [0.15, 0.2) is 54.7 Å². The van der Waals surface area contributed by atoms with Gasteiger partial charge in [0.1, 0.15) is 5.69 Å². The van der Waals surface area contributed by atoms with E-state index in [9.17, 15) is 9.59 Å². The second-order valence-corrected chi connectivity index (χ2v) is 6.87. The summed E-state index contributed by atoms with van der Waals surface area (Å²) in [6.45, 7) is 6.67. The molecule has 0 fully saturated rings. The van der Waals surface area contributed by atoms with Gasteiger partial charge < -0.3 is 15.4 Å². The molecule has 0 unspecified atom stereocenters. The number of para-hydroxylation sites is 1. The lowest BCUT2D eigenvalue weighted by molar-refractivity contribution is 0.0953. The van der Waals surface area contributed by atoms with E-state index in [-0.39, 0.29) is 19.0 Å². The van der Waals surface area contributed by atoms with Gasteiger partial charge in [0, 0.05) is 24.8 Å². The Kier molecular flexibility index (Phi) is 6.85. The van der Waals surface area contributed by atoms with Gasteiger partial charge in [-0.1, -0.05) is 30.3 Å². The van der Waals surface area contributed by atoms with Crippen LogP contribution in [0.2, 0.25) is 0 Å². The number of hydrogen-bond donors (Lipinski definition) is 2. The lowest BCUT2D eigenvalue weighted by Gasteiger charge is -2.08. The summed E-state index contributed by atoms with van der Waals surface area (Å²) < 4.78 is 6.51. The number of alkyl carbamates (subject to hydrolysis) is 1. The van der Waals surface area contributed by atoms with Gasteiger partial charge in [0.15, 0.2) is 0 Å². The Balaban J connectivity index is 1.84. The fourth-order valence-corrected chi connectivity index (χ4v) is 2.97. The Morgan fingerprint density at radius 1 is 1.00 bits per heavy atom. The molecule has 0 aliphatic heterocycles. The predicted octanol–water partition coefficient (Wildman–Crippen LogP) is 3.63. The largest absolute Gasteiger partial charge is 0.450 e. The Bertz CT molecular complexity index is 1030. The first kappa shape index (κ1) is 21.1. The van der Waals surface area contributed by atoms with Crippen LogP contribution < -0.4 is 10.6 Å². The smallest absolute Gasteiger partial charge is 0.407 e. The predicted molar refractivity (Wildman–Crippen MR) is 116 cm³/mol. The molecule has 0 aliphatic rings. The summed E-state index contributed by atoms with van der Waals surface area (Å²) in [5, 5.41) is 10.1. The second kappa shape index (κ2) is 9.73. The van der Waals surface area contributed by atoms with Gasteiger partial charge >= 0.3 is 6.09 Å². The average molecular weight is 406 g/mol. The highest BCUT2D eigenvalue weighted by Crippen LogP contribution is 2.25. The summed E-state index contributed by atoms with van der Waals surface area (Å²) >= 11 is 0. The number of nitrogens with zero attached hydrogens (tertiary/aromatic N) is 2. The fourth-order valence-electron chi connectivity index (χ4n) is 2.97. The Morgan fingerprint density at radius 2 is 1.73 bits per heavy atom. The van der Waals surface area contributed by atoms with E-state index in [2.05, 4.69) is 15.7 Å². The van der Waals surface area contributed by atoms with Crippen LogP contribution in [0.25, 0.3) is 16.9 Å². The topological polar surface area (TPSA) is 85.3 Å². The number of amides is 2. The van der Waals surface area contributed by atoms with E-state index in [1.165, 1.54) is 5.56 Å². The number of benzene rings is 2. The highest BCUT2D eigenvalue weighted by molar-refractivity contribution is 6.00. The van der Waals surface area contributed by atoms with Crippen LogP contribution in [0.1, 0.15) is 28.4 Å². The molecular formula is C23H26N4O3. The second-order valence-electron chi connectivity index (χ2n) is 6.87. The zero-order chi connectivity index (χ0) is 21.5. The third-order valence-electron chi connectivity index (χ3n) is 4.72. The summed E-state index contributed by atoms with van der Waals surface area (Å²) in [5.74, 6) is -0.254. The number of hydrogen-bond acceptors (Lipinski definition) is 4. The van der Waals surface area contributed by atoms with Gasteiger partial charge in [0.25, 0.3) is 5.91 Å². The zero-order valence-electron chi connectivity index (χ0n) is 17.4. The number of ether oxygens (including phenoxy) is 1. The molecule has 0 bridgehead atoms. The highest BCUT2D eigenvalue weighted by atomic mass is 16.5. The van der Waals surface area contributed by atoms with Crippen LogP contribution in [0.5, 0.6) is 0 Å². The van der Waals surface area contributed by atoms with E-state index in [0.717, 1.165) is 16.8 Å². The molecule has 30 heavy (non-hydrogen) atoms. The van der Waals surface area contributed by atoms with Crippen molar-refractivity contribution in [2.45, 2.75) is 20.8 Å². The van der Waals surface area contributed by atoms with Crippen LogP contribution in [0, 0.1) is 13.8 Å². The van der Waals surface area contributed by atoms with Crippen LogP contribution >= 0.6 is 0 Å². The van der Waals surface area contributed by atoms with Crippen molar-refractivity contribution >= 4 is 12.0 Å². The van der Waals surface area contributed by atoms with Crippen molar-refractivity contribution in [3.63, 3.8) is 0 Å². The van der Waals surface area contributed by atoms with Gasteiger partial charge in [-0.3, -0.25) is 4.79 Å². The summed E-state index contributed by atoms with van der Waals surface area (Å²) in [6.07, 6.45) is 1.23. The van der Waals surface area contributed by atoms with E-state index in [0.29, 0.717) is 17.9 Å². The third kappa shape index (κ3) is 5.05. The van der Waals surface area contributed by atoms with E-state index < -0.39 is 6.09 Å². The van der Waals surface area contributed by atoms with Crippen molar-refractivity contribution in [3.8, 4) is 16.9 Å². The van der Waals surface area contributed by atoms with Gasteiger partial charge in [-0.25, -0.2) is 9.48 Å². The normalized spacial score (nSPS) is 10.5. The molecule has 0 saturated carbocycles. The molecule has 3 aromatic rings. The number of carbonyl (C=O) groups is 2. The lowest BCUT2D eigenvalue weighted by atomic mass is 10.0. The Labute approximate surface area is 176 Å². The van der Waals surface area contributed by atoms with Crippen molar-refractivity contribution in [1.82, 2.24) is 20.4 Å². The summed E-state index contributed by atoms with van der Waals surface area (Å²) in [6, 6.07) is 15.7. The van der Waals surface area contributed by atoms with E-state index in [1.807, 2.05) is 62.4 Å². The minimum Gasteiger partial charge on any atom is -0.450 e. The van der Waals surface area contributed by atoms with Crippen LogP contribution in [-0.4, -0.2) is 41.5 Å². The molecule has 1 heterocycles. The van der Waals surface area contributed by atoms with Crippen LogP contribution in [0.3, 0.4) is 0 Å². The van der Waals surface area contributed by atoms with E-state index >= 15 is 0 Å². The Hall–Kier alpha value is -3.61. The molecule has 156 valence electrons. The molecule has 0 saturated heterocycles. The molecule has 2 N–H and O–H groups in total. The third-order valence-corrected chi connectivity index (χ3v) is 4.72. The maximum atomic E-state index is 12.9. The quantitative estimate of drug-likeness (QED) is 0.587. The first-order valence-electron chi connectivity index (χ1n) is 9.91. The molecular weight excluding hydrogens is 380 g/mol. The van der Waals surface area contributed by atoms with Gasteiger partial charge in [0.05, 0.1) is 17.9 Å². The van der Waals surface area contributed by atoms with Crippen LogP contribution in [0.4, 0.5) is 4.79 Å². The van der Waals surface area contributed by atoms with Crippen molar-refractivity contribution in [2.24, 2.45) is 0 Å². The zero-order valence-corrected chi connectivity index (χ0v) is 17.4. The number of aromatic nitrogens is 2. The van der Waals surface area contributed by atoms with Gasteiger partial charge in [0.2, 0.25) is 0 Å². The molecule has 0 radical (unpaired) electrons. The molecule has 7 nitrogen and oxygen atoms in total. The first-order chi connectivity index (χ1) is 14.5.